The van der Waals surface area contributed by atoms with Crippen LogP contribution in [0.25, 0.3) is 0 Å². The van der Waals surface area contributed by atoms with Crippen molar-refractivity contribution < 1.29 is 14.7 Å². The summed E-state index contributed by atoms with van der Waals surface area (Å²) in [6.45, 7) is 1.36. The third kappa shape index (κ3) is 5.28. The maximum atomic E-state index is 11.9. The van der Waals surface area contributed by atoms with E-state index in [2.05, 4.69) is 15.5 Å². The van der Waals surface area contributed by atoms with Crippen LogP contribution in [0.4, 0.5) is 4.79 Å². The Morgan fingerprint density at radius 1 is 1.14 bits per heavy atom. The Bertz CT molecular complexity index is 356. The summed E-state index contributed by atoms with van der Waals surface area (Å²) in [7, 11) is 0. The van der Waals surface area contributed by atoms with Crippen LogP contribution in [0.15, 0.2) is 0 Å². The predicted octanol–water partition coefficient (Wildman–Crippen LogP) is 0.992. The summed E-state index contributed by atoms with van der Waals surface area (Å²) in [5, 5.41) is 14.2. The summed E-state index contributed by atoms with van der Waals surface area (Å²) >= 11 is 0. The lowest BCUT2D eigenvalue weighted by Crippen LogP contribution is -2.47. The smallest absolute Gasteiger partial charge is 0.321 e. The van der Waals surface area contributed by atoms with Crippen molar-refractivity contribution in [1.82, 2.24) is 15.5 Å². The fourth-order valence-electron chi connectivity index (χ4n) is 3.40. The first-order chi connectivity index (χ1) is 10.2. The minimum absolute atomic E-state index is 0.195. The number of amides is 3. The van der Waals surface area contributed by atoms with Crippen LogP contribution in [-0.2, 0) is 4.79 Å². The molecule has 2 fully saturated rings. The monoisotopic (exact) mass is 297 g/mol. The highest BCUT2D eigenvalue weighted by atomic mass is 16.3. The highest BCUT2D eigenvalue weighted by molar-refractivity contribution is 5.95. The van der Waals surface area contributed by atoms with Crippen LogP contribution in [0.1, 0.15) is 51.4 Å². The van der Waals surface area contributed by atoms with Crippen molar-refractivity contribution in [3.63, 3.8) is 0 Å². The van der Waals surface area contributed by atoms with Gasteiger partial charge in [-0.05, 0) is 45.1 Å². The second kappa shape index (κ2) is 8.34. The van der Waals surface area contributed by atoms with E-state index in [0.29, 0.717) is 6.04 Å². The SMILES string of the molecule is O=C(CN1CCCC1CCCO)NC(=O)NC1CCCC1. The fraction of sp³-hybridized carbons (Fsp3) is 0.867. The largest absolute Gasteiger partial charge is 0.396 e. The van der Waals surface area contributed by atoms with Crippen LogP contribution >= 0.6 is 0 Å². The summed E-state index contributed by atoms with van der Waals surface area (Å²) in [6, 6.07) is 0.223. The number of likely N-dealkylation sites (tertiary alicyclic amines) is 1. The molecule has 0 aromatic heterocycles. The number of nitrogens with zero attached hydrogens (tertiary/aromatic N) is 1. The molecule has 2 aliphatic rings. The number of imide groups is 1. The van der Waals surface area contributed by atoms with Gasteiger partial charge in [0.05, 0.1) is 6.54 Å². The fourth-order valence-corrected chi connectivity index (χ4v) is 3.40. The molecule has 0 spiro atoms. The Labute approximate surface area is 126 Å². The maximum Gasteiger partial charge on any atom is 0.321 e. The standard InChI is InChI=1S/C15H27N3O3/c19-10-4-8-13-7-3-9-18(13)11-14(20)17-15(21)16-12-5-1-2-6-12/h12-13,19H,1-11H2,(H2,16,17,20,21). The molecule has 3 N–H and O–H groups in total. The van der Waals surface area contributed by atoms with Crippen LogP contribution in [0.3, 0.4) is 0 Å². The molecule has 0 aromatic carbocycles. The second-order valence-electron chi connectivity index (χ2n) is 6.14. The molecule has 6 nitrogen and oxygen atoms in total. The van der Waals surface area contributed by atoms with Gasteiger partial charge in [-0.25, -0.2) is 4.79 Å². The van der Waals surface area contributed by atoms with Gasteiger partial charge in [-0.2, -0.15) is 0 Å². The molecule has 1 aliphatic heterocycles. The average molecular weight is 297 g/mol. The van der Waals surface area contributed by atoms with Crippen molar-refractivity contribution in [3.05, 3.63) is 0 Å². The van der Waals surface area contributed by atoms with E-state index >= 15 is 0 Å². The van der Waals surface area contributed by atoms with Crippen molar-refractivity contribution in [3.8, 4) is 0 Å². The van der Waals surface area contributed by atoms with Crippen molar-refractivity contribution in [2.24, 2.45) is 0 Å². The lowest BCUT2D eigenvalue weighted by molar-refractivity contribution is -0.121. The van der Waals surface area contributed by atoms with Crippen LogP contribution < -0.4 is 10.6 Å². The highest BCUT2D eigenvalue weighted by Crippen LogP contribution is 2.20. The van der Waals surface area contributed by atoms with E-state index in [-0.39, 0.29) is 31.1 Å². The quantitative estimate of drug-likeness (QED) is 0.683. The van der Waals surface area contributed by atoms with E-state index in [0.717, 1.165) is 57.9 Å². The second-order valence-corrected chi connectivity index (χ2v) is 6.14. The van der Waals surface area contributed by atoms with E-state index in [9.17, 15) is 9.59 Å². The number of nitrogens with one attached hydrogen (secondary N) is 2. The van der Waals surface area contributed by atoms with Gasteiger partial charge >= 0.3 is 6.03 Å². The summed E-state index contributed by atoms with van der Waals surface area (Å²) in [6.07, 6.45) is 8.16. The number of urea groups is 1. The molecule has 1 aliphatic carbocycles. The summed E-state index contributed by atoms with van der Waals surface area (Å²) < 4.78 is 0. The van der Waals surface area contributed by atoms with E-state index in [1.54, 1.807) is 0 Å². The highest BCUT2D eigenvalue weighted by Gasteiger charge is 2.26. The molecule has 1 saturated heterocycles. The van der Waals surface area contributed by atoms with Gasteiger partial charge in [-0.15, -0.1) is 0 Å². The number of aliphatic hydroxyl groups excluding tert-OH is 1. The first-order valence-electron chi connectivity index (χ1n) is 8.14. The minimum Gasteiger partial charge on any atom is -0.396 e. The Balaban J connectivity index is 1.69. The molecule has 1 heterocycles. The Kier molecular flexibility index (Phi) is 6.45. The van der Waals surface area contributed by atoms with E-state index < -0.39 is 0 Å². The molecule has 3 amide bonds. The average Bonchev–Trinajstić information content (AvgIpc) is 3.08. The van der Waals surface area contributed by atoms with E-state index in [4.69, 9.17) is 5.11 Å². The van der Waals surface area contributed by atoms with Crippen LogP contribution in [-0.4, -0.2) is 53.7 Å². The van der Waals surface area contributed by atoms with Crippen LogP contribution in [0.2, 0.25) is 0 Å². The third-order valence-corrected chi connectivity index (χ3v) is 4.48. The molecule has 120 valence electrons. The Hall–Kier alpha value is -1.14. The van der Waals surface area contributed by atoms with Gasteiger partial charge in [0.25, 0.3) is 0 Å². The first kappa shape index (κ1) is 16.2. The molecule has 0 aromatic rings. The lowest BCUT2D eigenvalue weighted by atomic mass is 10.1. The van der Waals surface area contributed by atoms with Gasteiger partial charge < -0.3 is 10.4 Å². The third-order valence-electron chi connectivity index (χ3n) is 4.48. The molecule has 1 atom stereocenters. The lowest BCUT2D eigenvalue weighted by Gasteiger charge is -2.23. The van der Waals surface area contributed by atoms with E-state index in [1.807, 2.05) is 0 Å². The zero-order valence-corrected chi connectivity index (χ0v) is 12.6. The number of rotatable bonds is 6. The predicted molar refractivity (Wildman–Crippen MR) is 79.8 cm³/mol. The zero-order chi connectivity index (χ0) is 15.1. The molecule has 6 heteroatoms. The molecule has 21 heavy (non-hydrogen) atoms. The number of hydrogen-bond acceptors (Lipinski definition) is 4. The number of aliphatic hydroxyl groups is 1. The molecular formula is C15H27N3O3. The molecular weight excluding hydrogens is 270 g/mol. The Morgan fingerprint density at radius 2 is 1.90 bits per heavy atom. The molecule has 2 rings (SSSR count). The summed E-state index contributed by atoms with van der Waals surface area (Å²) in [5.41, 5.74) is 0. The van der Waals surface area contributed by atoms with Gasteiger partial charge in [-0.3, -0.25) is 15.0 Å². The van der Waals surface area contributed by atoms with Crippen molar-refractivity contribution in [2.45, 2.75) is 63.5 Å². The first-order valence-corrected chi connectivity index (χ1v) is 8.14. The maximum absolute atomic E-state index is 11.9. The van der Waals surface area contributed by atoms with Gasteiger partial charge in [0, 0.05) is 18.7 Å². The zero-order valence-electron chi connectivity index (χ0n) is 12.6. The van der Waals surface area contributed by atoms with Crippen molar-refractivity contribution >= 4 is 11.9 Å². The Morgan fingerprint density at radius 3 is 2.62 bits per heavy atom. The topological polar surface area (TPSA) is 81.7 Å². The van der Waals surface area contributed by atoms with Crippen LogP contribution in [0, 0.1) is 0 Å². The van der Waals surface area contributed by atoms with Gasteiger partial charge in [0.1, 0.15) is 0 Å². The van der Waals surface area contributed by atoms with Gasteiger partial charge in [0.2, 0.25) is 5.91 Å². The molecule has 0 radical (unpaired) electrons. The van der Waals surface area contributed by atoms with Crippen molar-refractivity contribution in [2.75, 3.05) is 19.7 Å². The molecule has 1 saturated carbocycles. The summed E-state index contributed by atoms with van der Waals surface area (Å²) in [5.74, 6) is -0.235. The van der Waals surface area contributed by atoms with Crippen LogP contribution in [0.5, 0.6) is 0 Å². The van der Waals surface area contributed by atoms with Gasteiger partial charge in [-0.1, -0.05) is 12.8 Å². The number of carbonyl (C=O) groups excluding carboxylic acids is 2. The van der Waals surface area contributed by atoms with Gasteiger partial charge in [0.15, 0.2) is 0 Å². The summed E-state index contributed by atoms with van der Waals surface area (Å²) in [4.78, 5) is 25.8. The number of carbonyl (C=O) groups is 2. The number of hydrogen-bond donors (Lipinski definition) is 3. The molecule has 1 unspecified atom stereocenters. The minimum atomic E-state index is -0.363. The normalized spacial score (nSPS) is 23.4. The molecule has 0 bridgehead atoms. The van der Waals surface area contributed by atoms with E-state index in [1.165, 1.54) is 0 Å². The van der Waals surface area contributed by atoms with Crippen molar-refractivity contribution in [1.29, 1.82) is 0 Å².